The van der Waals surface area contributed by atoms with Crippen molar-refractivity contribution in [2.45, 2.75) is 58.2 Å². The Bertz CT molecular complexity index is 217. The molecule has 0 amide bonds. The highest BCUT2D eigenvalue weighted by atomic mass is 127. The van der Waals surface area contributed by atoms with Crippen molar-refractivity contribution in [3.63, 3.8) is 0 Å². The molecule has 0 N–H and O–H groups in total. The summed E-state index contributed by atoms with van der Waals surface area (Å²) in [6.45, 7) is 7.15. The summed E-state index contributed by atoms with van der Waals surface area (Å²) in [5.74, 6) is 0. The Morgan fingerprint density at radius 2 is 0.882 bits per heavy atom. The number of hydrogen-bond donors (Lipinski definition) is 0. The van der Waals surface area contributed by atoms with Gasteiger partial charge in [-0.25, -0.2) is 0 Å². The second-order valence-electron chi connectivity index (χ2n) is 4.46. The Hall–Kier alpha value is 4.30. The van der Waals surface area contributed by atoms with Gasteiger partial charge in [-0.15, -0.1) is 109 Å². The maximum Gasteiger partial charge on any atom is 0.193 e. The lowest BCUT2D eigenvalue weighted by atomic mass is 10.6. The van der Waals surface area contributed by atoms with E-state index in [1.165, 1.54) is 31.4 Å². The van der Waals surface area contributed by atoms with Gasteiger partial charge in [0, 0.05) is 0 Å². The van der Waals surface area contributed by atoms with Crippen LogP contribution < -0.4 is 0 Å². The molecule has 0 saturated heterocycles. The summed E-state index contributed by atoms with van der Waals surface area (Å²) in [4.78, 5) is 0. The second-order valence-corrected chi connectivity index (χ2v) is 80.4. The molecule has 0 aromatic rings. The highest BCUT2D eigenvalue weighted by Crippen LogP contribution is 2.54. The predicted molar refractivity (Wildman–Crippen MR) is 133 cm³/mol. The molecule has 0 aliphatic rings. The number of rotatable bonds is 8. The van der Waals surface area contributed by atoms with Crippen LogP contribution >= 0.6 is 109 Å². The van der Waals surface area contributed by atoms with Crippen LogP contribution in [-0.4, -0.2) is 9.77 Å². The standard InChI is InChI=1S/C9H21I5Si3/c1-4-7-15(10,11)17(14,9-6-3)16(12,13)8-5-2/h4-9H2,1-3H3. The van der Waals surface area contributed by atoms with E-state index in [9.17, 15) is 0 Å². The summed E-state index contributed by atoms with van der Waals surface area (Å²) in [5.41, 5.74) is 0. The molecule has 0 unspecified atom stereocenters. The molecule has 0 aliphatic carbocycles. The second kappa shape index (κ2) is 9.44. The molecule has 17 heavy (non-hydrogen) atoms. The lowest BCUT2D eigenvalue weighted by molar-refractivity contribution is 1.06. The van der Waals surface area contributed by atoms with Gasteiger partial charge in [0.05, 0.1) is 0 Å². The lowest BCUT2D eigenvalue weighted by Crippen LogP contribution is -2.64. The van der Waals surface area contributed by atoms with Crippen LogP contribution in [0.2, 0.25) is 18.1 Å². The van der Waals surface area contributed by atoms with Gasteiger partial charge in [-0.1, -0.05) is 40.0 Å². The van der Waals surface area contributed by atoms with E-state index >= 15 is 0 Å². The van der Waals surface area contributed by atoms with Gasteiger partial charge in [0.2, 0.25) is 0 Å². The first-order chi connectivity index (χ1) is 7.68. The Labute approximate surface area is 173 Å². The van der Waals surface area contributed by atoms with Crippen LogP contribution in [0.3, 0.4) is 0 Å². The predicted octanol–water partition coefficient (Wildman–Crippen LogP) is 7.38. The Balaban J connectivity index is 5.27. The van der Waals surface area contributed by atoms with E-state index in [-0.39, 0.29) is 0 Å². The summed E-state index contributed by atoms with van der Waals surface area (Å²) < 4.78 is -3.13. The largest absolute Gasteiger partial charge is 0.193 e. The third-order valence-electron chi connectivity index (χ3n) is 2.88. The zero-order valence-electron chi connectivity index (χ0n) is 10.6. The molecule has 104 valence electrons. The first kappa shape index (κ1) is 21.3. The fraction of sp³-hybridized carbons (Fsp3) is 1.00. The van der Waals surface area contributed by atoms with Crippen LogP contribution in [0, 0.1) is 0 Å². The zero-order chi connectivity index (χ0) is 13.7. The first-order valence-corrected chi connectivity index (χ1v) is 30.3. The molecule has 0 bridgehead atoms. The Kier molecular flexibility index (Phi) is 11.8. The third-order valence-corrected chi connectivity index (χ3v) is 140. The monoisotopic (exact) mass is 848 g/mol. The maximum absolute atomic E-state index is 3.04. The van der Waals surface area contributed by atoms with E-state index in [0.29, 0.717) is 0 Å². The smallest absolute Gasteiger partial charge is 0.121 e. The molecule has 0 nitrogen and oxygen atoms in total. The van der Waals surface area contributed by atoms with Crippen LogP contribution in [0.5, 0.6) is 0 Å². The van der Waals surface area contributed by atoms with Gasteiger partial charge in [-0.05, 0) is 18.1 Å². The van der Waals surface area contributed by atoms with Crippen LogP contribution in [0.15, 0.2) is 0 Å². The number of halogens is 5. The molecule has 0 fully saturated rings. The van der Waals surface area contributed by atoms with Crippen LogP contribution in [0.4, 0.5) is 0 Å². The van der Waals surface area contributed by atoms with E-state index in [0.717, 1.165) is 0 Å². The van der Waals surface area contributed by atoms with Crippen molar-refractivity contribution in [1.82, 2.24) is 0 Å². The minimum atomic E-state index is -1.05. The molecule has 0 saturated carbocycles. The minimum absolute atomic E-state index is 1.04. The molecule has 0 heterocycles. The van der Waals surface area contributed by atoms with Crippen LogP contribution in [0.25, 0.3) is 0 Å². The summed E-state index contributed by atoms with van der Waals surface area (Å²) in [5, 5.41) is 0. The molecule has 0 radical (unpaired) electrons. The molecular formula is C9H21I5Si3. The summed E-state index contributed by atoms with van der Waals surface area (Å²) in [6, 6.07) is 4.64. The van der Waals surface area contributed by atoms with Crippen molar-refractivity contribution in [1.29, 1.82) is 0 Å². The summed E-state index contributed by atoms with van der Waals surface area (Å²) >= 11 is 14.8. The van der Waals surface area contributed by atoms with Gasteiger partial charge in [0.15, 0.2) is 9.77 Å². The van der Waals surface area contributed by atoms with Gasteiger partial charge < -0.3 is 0 Å². The van der Waals surface area contributed by atoms with Crippen molar-refractivity contribution in [3.05, 3.63) is 0 Å². The average molecular weight is 848 g/mol. The topological polar surface area (TPSA) is 0 Å². The van der Waals surface area contributed by atoms with E-state index in [2.05, 4.69) is 130 Å². The van der Waals surface area contributed by atoms with Crippen molar-refractivity contribution >= 4 is 119 Å². The van der Waals surface area contributed by atoms with Gasteiger partial charge in [0.25, 0.3) is 0 Å². The summed E-state index contributed by atoms with van der Waals surface area (Å²) in [7, 11) is 0. The van der Waals surface area contributed by atoms with Gasteiger partial charge in [-0.2, -0.15) is 0 Å². The highest BCUT2D eigenvalue weighted by molar-refractivity contribution is 14.3. The Morgan fingerprint density at radius 3 is 1.12 bits per heavy atom. The molecule has 0 aliphatic heterocycles. The quantitative estimate of drug-likeness (QED) is 0.136. The van der Waals surface area contributed by atoms with Crippen molar-refractivity contribution in [3.8, 4) is 0 Å². The van der Waals surface area contributed by atoms with Gasteiger partial charge in [-0.3, -0.25) is 0 Å². The minimum Gasteiger partial charge on any atom is -0.121 e. The highest BCUT2D eigenvalue weighted by Gasteiger charge is 2.61. The summed E-state index contributed by atoms with van der Waals surface area (Å²) in [6.07, 6.45) is 4.19. The fourth-order valence-electron chi connectivity index (χ4n) is 2.00. The van der Waals surface area contributed by atoms with Crippen molar-refractivity contribution in [2.75, 3.05) is 0 Å². The third kappa shape index (κ3) is 5.78. The van der Waals surface area contributed by atoms with Crippen LogP contribution in [-0.2, 0) is 0 Å². The first-order valence-electron chi connectivity index (χ1n) is 6.13. The van der Waals surface area contributed by atoms with Gasteiger partial charge in [0.1, 0.15) is 0 Å². The lowest BCUT2D eigenvalue weighted by Gasteiger charge is -2.43. The molecule has 0 atom stereocenters. The van der Waals surface area contributed by atoms with Crippen molar-refractivity contribution in [2.24, 2.45) is 0 Å². The maximum atomic E-state index is 3.04. The number of hydrogen-bond acceptors (Lipinski definition) is 0. The zero-order valence-corrected chi connectivity index (χ0v) is 24.4. The molecule has 8 heteroatoms. The van der Waals surface area contributed by atoms with E-state index in [1.807, 2.05) is 0 Å². The molecule has 0 rings (SSSR count). The van der Waals surface area contributed by atoms with Crippen molar-refractivity contribution < 1.29 is 0 Å². The molecule has 0 spiro atoms. The van der Waals surface area contributed by atoms with E-state index in [4.69, 9.17) is 0 Å². The SMILES string of the molecule is CCC[Si](I)(I)[Si](I)(CCC)[Si](I)(I)CCC. The Morgan fingerprint density at radius 1 is 0.588 bits per heavy atom. The molecule has 0 aromatic carbocycles. The normalized spacial score (nSPS) is 14.1. The molecule has 0 aromatic heterocycles. The van der Waals surface area contributed by atoms with E-state index in [1.54, 1.807) is 6.04 Å². The fourth-order valence-corrected chi connectivity index (χ4v) is 150. The molecular weight excluding hydrogens is 827 g/mol. The van der Waals surface area contributed by atoms with Gasteiger partial charge >= 0.3 is 0 Å². The average Bonchev–Trinajstić information content (AvgIpc) is 2.17. The van der Waals surface area contributed by atoms with E-state index < -0.39 is 9.77 Å². The van der Waals surface area contributed by atoms with Crippen LogP contribution in [0.1, 0.15) is 40.0 Å².